The summed E-state index contributed by atoms with van der Waals surface area (Å²) < 4.78 is 0. The number of hydrogen-bond acceptors (Lipinski definition) is 3. The van der Waals surface area contributed by atoms with Crippen LogP contribution in [0.4, 0.5) is 5.69 Å². The van der Waals surface area contributed by atoms with Gasteiger partial charge < -0.3 is 10.6 Å². The third-order valence-electron chi connectivity index (χ3n) is 3.14. The number of benzene rings is 1. The molecule has 1 aromatic carbocycles. The summed E-state index contributed by atoms with van der Waals surface area (Å²) in [4.78, 5) is 2.47. The smallest absolute Gasteiger partial charge is 0.0426 e. The van der Waals surface area contributed by atoms with Gasteiger partial charge in [0.25, 0.3) is 0 Å². The summed E-state index contributed by atoms with van der Waals surface area (Å²) in [5.74, 6) is 2.38. The summed E-state index contributed by atoms with van der Waals surface area (Å²) in [5, 5.41) is 0.811. The van der Waals surface area contributed by atoms with E-state index in [0.717, 1.165) is 18.0 Å². The lowest BCUT2D eigenvalue weighted by molar-refractivity contribution is 0.695. The molecule has 0 spiro atoms. The molecule has 0 saturated carbocycles. The quantitative estimate of drug-likeness (QED) is 0.916. The van der Waals surface area contributed by atoms with E-state index in [4.69, 9.17) is 17.3 Å². The Balaban J connectivity index is 2.30. The number of nitrogens with two attached hydrogens (primary N) is 1. The van der Waals surface area contributed by atoms with Crippen molar-refractivity contribution >= 4 is 29.1 Å². The maximum Gasteiger partial charge on any atom is 0.0426 e. The number of thioether (sulfide) groups is 1. The highest BCUT2D eigenvalue weighted by atomic mass is 35.5. The van der Waals surface area contributed by atoms with Crippen molar-refractivity contribution in [3.05, 3.63) is 28.8 Å². The molecule has 1 saturated heterocycles. The molecule has 2 N–H and O–H groups in total. The molecule has 0 bridgehead atoms. The van der Waals surface area contributed by atoms with E-state index in [1.54, 1.807) is 0 Å². The fraction of sp³-hybridized carbons (Fsp3) is 0.538. The first-order valence-electron chi connectivity index (χ1n) is 6.05. The van der Waals surface area contributed by atoms with Gasteiger partial charge in [-0.05, 0) is 37.6 Å². The summed E-state index contributed by atoms with van der Waals surface area (Å²) >= 11 is 8.15. The molecule has 0 radical (unpaired) electrons. The molecular weight excluding hydrogens is 252 g/mol. The Hall–Kier alpha value is -0.380. The fourth-order valence-electron chi connectivity index (χ4n) is 2.26. The van der Waals surface area contributed by atoms with Crippen molar-refractivity contribution < 1.29 is 0 Å². The van der Waals surface area contributed by atoms with Gasteiger partial charge in [-0.2, -0.15) is 11.8 Å². The first-order chi connectivity index (χ1) is 8.22. The summed E-state index contributed by atoms with van der Waals surface area (Å²) in [7, 11) is 0. The molecule has 1 aliphatic heterocycles. The van der Waals surface area contributed by atoms with Crippen molar-refractivity contribution in [2.24, 2.45) is 5.73 Å². The highest BCUT2D eigenvalue weighted by Gasteiger charge is 2.21. The molecule has 1 aromatic rings. The SMILES string of the molecule is CC1CSCCN1c1cc(Cl)ccc1CCN. The molecule has 1 aliphatic rings. The van der Waals surface area contributed by atoms with Crippen LogP contribution in [0.2, 0.25) is 5.02 Å². The standard InChI is InChI=1S/C13H19ClN2S/c1-10-9-17-7-6-16(10)13-8-12(14)3-2-11(13)4-5-15/h2-3,8,10H,4-7,9,15H2,1H3. The van der Waals surface area contributed by atoms with E-state index in [2.05, 4.69) is 24.0 Å². The fourth-order valence-corrected chi connectivity index (χ4v) is 3.44. The zero-order valence-electron chi connectivity index (χ0n) is 10.2. The van der Waals surface area contributed by atoms with E-state index in [9.17, 15) is 0 Å². The zero-order chi connectivity index (χ0) is 12.3. The second-order valence-electron chi connectivity index (χ2n) is 4.43. The highest BCUT2D eigenvalue weighted by molar-refractivity contribution is 7.99. The monoisotopic (exact) mass is 270 g/mol. The number of halogens is 1. The van der Waals surface area contributed by atoms with E-state index < -0.39 is 0 Å². The van der Waals surface area contributed by atoms with Gasteiger partial charge in [-0.3, -0.25) is 0 Å². The van der Waals surface area contributed by atoms with Gasteiger partial charge in [0.05, 0.1) is 0 Å². The van der Waals surface area contributed by atoms with Gasteiger partial charge in [-0.1, -0.05) is 17.7 Å². The molecule has 4 heteroatoms. The molecule has 17 heavy (non-hydrogen) atoms. The van der Waals surface area contributed by atoms with Gasteiger partial charge in [-0.25, -0.2) is 0 Å². The van der Waals surface area contributed by atoms with Gasteiger partial charge in [0.15, 0.2) is 0 Å². The molecule has 1 unspecified atom stereocenters. The third kappa shape index (κ3) is 3.09. The van der Waals surface area contributed by atoms with E-state index >= 15 is 0 Å². The van der Waals surface area contributed by atoms with Crippen molar-refractivity contribution in [1.82, 2.24) is 0 Å². The molecule has 1 atom stereocenters. The average molecular weight is 271 g/mol. The molecular formula is C13H19ClN2S. The Morgan fingerprint density at radius 3 is 3.06 bits per heavy atom. The van der Waals surface area contributed by atoms with Crippen LogP contribution in [0.3, 0.4) is 0 Å². The normalized spacial score (nSPS) is 20.6. The molecule has 0 amide bonds. The van der Waals surface area contributed by atoms with Crippen LogP contribution in [-0.4, -0.2) is 30.6 Å². The second kappa shape index (κ2) is 5.98. The number of anilines is 1. The van der Waals surface area contributed by atoms with E-state index in [1.165, 1.54) is 22.8 Å². The number of hydrogen-bond donors (Lipinski definition) is 1. The first-order valence-corrected chi connectivity index (χ1v) is 7.58. The zero-order valence-corrected chi connectivity index (χ0v) is 11.7. The van der Waals surface area contributed by atoms with Crippen LogP contribution < -0.4 is 10.6 Å². The topological polar surface area (TPSA) is 29.3 Å². The Morgan fingerprint density at radius 2 is 2.35 bits per heavy atom. The third-order valence-corrected chi connectivity index (χ3v) is 4.56. The van der Waals surface area contributed by atoms with Crippen LogP contribution in [0.1, 0.15) is 12.5 Å². The van der Waals surface area contributed by atoms with Crippen LogP contribution in [0.15, 0.2) is 18.2 Å². The molecule has 0 aliphatic carbocycles. The average Bonchev–Trinajstić information content (AvgIpc) is 2.32. The van der Waals surface area contributed by atoms with Crippen LogP contribution in [-0.2, 0) is 6.42 Å². The highest BCUT2D eigenvalue weighted by Crippen LogP contribution is 2.30. The molecule has 0 aromatic heterocycles. The van der Waals surface area contributed by atoms with Gasteiger partial charge in [0.1, 0.15) is 0 Å². The Bertz CT molecular complexity index is 384. The Labute approximate surface area is 113 Å². The van der Waals surface area contributed by atoms with E-state index in [1.807, 2.05) is 17.8 Å². The van der Waals surface area contributed by atoms with Crippen molar-refractivity contribution in [2.75, 3.05) is 29.5 Å². The molecule has 2 nitrogen and oxygen atoms in total. The maximum atomic E-state index is 6.12. The van der Waals surface area contributed by atoms with E-state index in [0.29, 0.717) is 12.6 Å². The molecule has 1 fully saturated rings. The molecule has 1 heterocycles. The van der Waals surface area contributed by atoms with Crippen LogP contribution >= 0.6 is 23.4 Å². The van der Waals surface area contributed by atoms with Gasteiger partial charge in [-0.15, -0.1) is 0 Å². The second-order valence-corrected chi connectivity index (χ2v) is 6.02. The van der Waals surface area contributed by atoms with Crippen molar-refractivity contribution in [1.29, 1.82) is 0 Å². The number of nitrogens with zero attached hydrogens (tertiary/aromatic N) is 1. The van der Waals surface area contributed by atoms with Crippen LogP contribution in [0, 0.1) is 0 Å². The summed E-state index contributed by atoms with van der Waals surface area (Å²) in [5.41, 5.74) is 8.27. The number of rotatable bonds is 3. The van der Waals surface area contributed by atoms with E-state index in [-0.39, 0.29) is 0 Å². The first kappa shape index (κ1) is 13.1. The van der Waals surface area contributed by atoms with Gasteiger partial charge in [0, 0.05) is 34.8 Å². The maximum absolute atomic E-state index is 6.12. The van der Waals surface area contributed by atoms with Gasteiger partial charge >= 0.3 is 0 Å². The summed E-state index contributed by atoms with van der Waals surface area (Å²) in [6, 6.07) is 6.72. The van der Waals surface area contributed by atoms with Gasteiger partial charge in [0.2, 0.25) is 0 Å². The summed E-state index contributed by atoms with van der Waals surface area (Å²) in [6.45, 7) is 4.06. The van der Waals surface area contributed by atoms with Crippen molar-refractivity contribution in [3.8, 4) is 0 Å². The molecule has 94 valence electrons. The lowest BCUT2D eigenvalue weighted by Crippen LogP contribution is -2.41. The minimum absolute atomic E-state index is 0.573. The van der Waals surface area contributed by atoms with Crippen molar-refractivity contribution in [3.63, 3.8) is 0 Å². The lowest BCUT2D eigenvalue weighted by atomic mass is 10.1. The van der Waals surface area contributed by atoms with Crippen LogP contribution in [0.5, 0.6) is 0 Å². The predicted octanol–water partition coefficient (Wildman–Crippen LogP) is 2.78. The Kier molecular flexibility index (Phi) is 4.60. The lowest BCUT2D eigenvalue weighted by Gasteiger charge is -2.36. The minimum Gasteiger partial charge on any atom is -0.367 e. The Morgan fingerprint density at radius 1 is 1.53 bits per heavy atom. The molecule has 2 rings (SSSR count). The minimum atomic E-state index is 0.573. The predicted molar refractivity (Wildman–Crippen MR) is 78.3 cm³/mol. The summed E-state index contributed by atoms with van der Waals surface area (Å²) in [6.07, 6.45) is 0.920. The van der Waals surface area contributed by atoms with Crippen LogP contribution in [0.25, 0.3) is 0 Å². The largest absolute Gasteiger partial charge is 0.367 e. The van der Waals surface area contributed by atoms with Crippen molar-refractivity contribution in [2.45, 2.75) is 19.4 Å².